The number of carbonyl (C=O) groups is 1. The summed E-state index contributed by atoms with van der Waals surface area (Å²) in [7, 11) is 0. The standard InChI is InChI=1S/C18H18N4OS/c1-13-7-10-15(11-8-13)19-17(23)20-18-22-21-16(24-18)12-9-14-5-3-2-4-6-14/h2-8,10-11H,9,12H2,1H3,(H2,19,20,22,23). The number of amides is 2. The van der Waals surface area contributed by atoms with E-state index in [4.69, 9.17) is 0 Å². The first-order valence-corrected chi connectivity index (χ1v) is 8.52. The van der Waals surface area contributed by atoms with E-state index in [0.717, 1.165) is 29.1 Å². The van der Waals surface area contributed by atoms with Crippen LogP contribution in [0.15, 0.2) is 54.6 Å². The molecule has 5 nitrogen and oxygen atoms in total. The first kappa shape index (κ1) is 16.1. The Bertz CT molecular complexity index is 799. The second-order valence-corrected chi connectivity index (χ2v) is 6.49. The lowest BCUT2D eigenvalue weighted by atomic mass is 10.1. The van der Waals surface area contributed by atoms with E-state index in [1.165, 1.54) is 16.9 Å². The zero-order chi connectivity index (χ0) is 16.8. The number of hydrogen-bond acceptors (Lipinski definition) is 4. The van der Waals surface area contributed by atoms with Gasteiger partial charge in [0, 0.05) is 12.1 Å². The topological polar surface area (TPSA) is 66.9 Å². The highest BCUT2D eigenvalue weighted by Crippen LogP contribution is 2.18. The van der Waals surface area contributed by atoms with E-state index in [-0.39, 0.29) is 6.03 Å². The molecule has 3 aromatic rings. The maximum Gasteiger partial charge on any atom is 0.325 e. The minimum absolute atomic E-state index is 0.315. The normalized spacial score (nSPS) is 10.4. The summed E-state index contributed by atoms with van der Waals surface area (Å²) in [5.41, 5.74) is 3.15. The molecule has 0 saturated carbocycles. The zero-order valence-corrected chi connectivity index (χ0v) is 14.1. The fraction of sp³-hybridized carbons (Fsp3) is 0.167. The smallest absolute Gasteiger partial charge is 0.308 e. The van der Waals surface area contributed by atoms with Crippen LogP contribution in [0.1, 0.15) is 16.1 Å². The van der Waals surface area contributed by atoms with Crippen LogP contribution in [0.4, 0.5) is 15.6 Å². The van der Waals surface area contributed by atoms with E-state index < -0.39 is 0 Å². The predicted molar refractivity (Wildman–Crippen MR) is 97.6 cm³/mol. The van der Waals surface area contributed by atoms with Gasteiger partial charge < -0.3 is 5.32 Å². The lowest BCUT2D eigenvalue weighted by Gasteiger charge is -2.05. The summed E-state index contributed by atoms with van der Waals surface area (Å²) in [6, 6.07) is 17.5. The van der Waals surface area contributed by atoms with E-state index in [2.05, 4.69) is 33.0 Å². The molecule has 0 radical (unpaired) electrons. The number of rotatable bonds is 5. The Balaban J connectivity index is 1.51. The highest BCUT2D eigenvalue weighted by atomic mass is 32.1. The van der Waals surface area contributed by atoms with Gasteiger partial charge in [0.25, 0.3) is 0 Å². The van der Waals surface area contributed by atoms with Crippen LogP contribution in [-0.4, -0.2) is 16.2 Å². The molecule has 122 valence electrons. The Hall–Kier alpha value is -2.73. The van der Waals surface area contributed by atoms with Crippen LogP contribution in [0.2, 0.25) is 0 Å². The van der Waals surface area contributed by atoms with Gasteiger partial charge in [0.05, 0.1) is 0 Å². The van der Waals surface area contributed by atoms with Crippen molar-refractivity contribution in [2.45, 2.75) is 19.8 Å². The van der Waals surface area contributed by atoms with Crippen LogP contribution >= 0.6 is 11.3 Å². The Morgan fingerprint density at radius 3 is 2.46 bits per heavy atom. The average Bonchev–Trinajstić information content (AvgIpc) is 3.03. The maximum absolute atomic E-state index is 12.0. The third-order valence-electron chi connectivity index (χ3n) is 3.47. The van der Waals surface area contributed by atoms with Crippen molar-refractivity contribution in [2.24, 2.45) is 0 Å². The summed E-state index contributed by atoms with van der Waals surface area (Å²) >= 11 is 1.40. The average molecular weight is 338 g/mol. The van der Waals surface area contributed by atoms with Crippen molar-refractivity contribution in [3.63, 3.8) is 0 Å². The fourth-order valence-corrected chi connectivity index (χ4v) is 2.93. The molecule has 1 aromatic heterocycles. The lowest BCUT2D eigenvalue weighted by Crippen LogP contribution is -2.19. The number of hydrogen-bond donors (Lipinski definition) is 2. The van der Waals surface area contributed by atoms with Gasteiger partial charge in [-0.05, 0) is 31.0 Å². The lowest BCUT2D eigenvalue weighted by molar-refractivity contribution is 0.262. The van der Waals surface area contributed by atoms with Crippen LogP contribution < -0.4 is 10.6 Å². The van der Waals surface area contributed by atoms with E-state index in [1.807, 2.05) is 49.4 Å². The van der Waals surface area contributed by atoms with Gasteiger partial charge in [-0.2, -0.15) is 0 Å². The van der Waals surface area contributed by atoms with Crippen molar-refractivity contribution in [3.8, 4) is 0 Å². The first-order valence-electron chi connectivity index (χ1n) is 7.70. The molecule has 0 aliphatic rings. The van der Waals surface area contributed by atoms with Gasteiger partial charge in [0.15, 0.2) is 0 Å². The fourth-order valence-electron chi connectivity index (χ4n) is 2.20. The van der Waals surface area contributed by atoms with Crippen LogP contribution in [0.25, 0.3) is 0 Å². The summed E-state index contributed by atoms with van der Waals surface area (Å²) in [4.78, 5) is 12.0. The van der Waals surface area contributed by atoms with Gasteiger partial charge in [-0.25, -0.2) is 4.79 Å². The van der Waals surface area contributed by atoms with Gasteiger partial charge in [-0.3, -0.25) is 5.32 Å². The Labute approximate surface area is 144 Å². The molecule has 3 rings (SSSR count). The van der Waals surface area contributed by atoms with E-state index in [0.29, 0.717) is 5.13 Å². The number of benzene rings is 2. The minimum atomic E-state index is -0.315. The number of urea groups is 1. The quantitative estimate of drug-likeness (QED) is 0.730. The van der Waals surface area contributed by atoms with E-state index >= 15 is 0 Å². The Kier molecular flexibility index (Phi) is 5.18. The number of carbonyl (C=O) groups excluding carboxylic acids is 1. The highest BCUT2D eigenvalue weighted by Gasteiger charge is 2.08. The maximum atomic E-state index is 12.0. The molecule has 6 heteroatoms. The van der Waals surface area contributed by atoms with E-state index in [1.54, 1.807) is 0 Å². The van der Waals surface area contributed by atoms with E-state index in [9.17, 15) is 4.79 Å². The molecule has 1 heterocycles. The Morgan fingerprint density at radius 1 is 0.958 bits per heavy atom. The molecule has 0 aliphatic heterocycles. The predicted octanol–water partition coefficient (Wildman–Crippen LogP) is 4.28. The molecular formula is C18H18N4OS. The Morgan fingerprint density at radius 2 is 1.71 bits per heavy atom. The summed E-state index contributed by atoms with van der Waals surface area (Å²) < 4.78 is 0. The van der Waals surface area contributed by atoms with Gasteiger partial charge in [-0.1, -0.05) is 59.4 Å². The largest absolute Gasteiger partial charge is 0.325 e. The van der Waals surface area contributed by atoms with Crippen molar-refractivity contribution < 1.29 is 4.79 Å². The second-order valence-electron chi connectivity index (χ2n) is 5.43. The highest BCUT2D eigenvalue weighted by molar-refractivity contribution is 7.15. The summed E-state index contributed by atoms with van der Waals surface area (Å²) in [6.45, 7) is 2.00. The number of aromatic nitrogens is 2. The monoisotopic (exact) mass is 338 g/mol. The molecule has 0 saturated heterocycles. The second kappa shape index (κ2) is 7.70. The van der Waals surface area contributed by atoms with Crippen LogP contribution in [-0.2, 0) is 12.8 Å². The SMILES string of the molecule is Cc1ccc(NC(=O)Nc2nnc(CCc3ccccc3)s2)cc1. The molecule has 24 heavy (non-hydrogen) atoms. The van der Waals surface area contributed by atoms with Crippen LogP contribution in [0, 0.1) is 6.92 Å². The van der Waals surface area contributed by atoms with Crippen LogP contribution in [0.3, 0.4) is 0 Å². The molecular weight excluding hydrogens is 320 g/mol. The molecule has 0 spiro atoms. The molecule has 0 aliphatic carbocycles. The van der Waals surface area contributed by atoms with Crippen molar-refractivity contribution in [2.75, 3.05) is 10.6 Å². The van der Waals surface area contributed by atoms with Crippen molar-refractivity contribution in [3.05, 3.63) is 70.7 Å². The van der Waals surface area contributed by atoms with Gasteiger partial charge in [0.2, 0.25) is 5.13 Å². The molecule has 0 bridgehead atoms. The first-order chi connectivity index (χ1) is 11.7. The molecule has 0 unspecified atom stereocenters. The van der Waals surface area contributed by atoms with Crippen molar-refractivity contribution in [1.82, 2.24) is 10.2 Å². The van der Waals surface area contributed by atoms with Crippen LogP contribution in [0.5, 0.6) is 0 Å². The van der Waals surface area contributed by atoms with Gasteiger partial charge in [-0.15, -0.1) is 10.2 Å². The van der Waals surface area contributed by atoms with Gasteiger partial charge >= 0.3 is 6.03 Å². The van der Waals surface area contributed by atoms with Crippen molar-refractivity contribution >= 4 is 28.2 Å². The molecule has 0 fully saturated rings. The number of nitrogens with one attached hydrogen (secondary N) is 2. The summed E-state index contributed by atoms with van der Waals surface area (Å²) in [5.74, 6) is 0. The number of aryl methyl sites for hydroxylation is 3. The van der Waals surface area contributed by atoms with Gasteiger partial charge in [0.1, 0.15) is 5.01 Å². The molecule has 0 atom stereocenters. The molecule has 2 aromatic carbocycles. The number of anilines is 2. The summed E-state index contributed by atoms with van der Waals surface area (Å²) in [6.07, 6.45) is 1.72. The zero-order valence-electron chi connectivity index (χ0n) is 13.3. The third-order valence-corrected chi connectivity index (χ3v) is 4.37. The van der Waals surface area contributed by atoms with Crippen molar-refractivity contribution in [1.29, 1.82) is 0 Å². The minimum Gasteiger partial charge on any atom is -0.308 e. The molecule has 2 amide bonds. The number of nitrogens with zero attached hydrogens (tertiary/aromatic N) is 2. The molecule has 2 N–H and O–H groups in total. The third kappa shape index (κ3) is 4.63. The summed E-state index contributed by atoms with van der Waals surface area (Å²) in [5, 5.41) is 15.1.